The van der Waals surface area contributed by atoms with Crippen LogP contribution in [0.1, 0.15) is 15.9 Å². The number of benzene rings is 4. The van der Waals surface area contributed by atoms with Gasteiger partial charge in [0, 0.05) is 16.3 Å². The van der Waals surface area contributed by atoms with Gasteiger partial charge in [-0.15, -0.1) is 0 Å². The minimum absolute atomic E-state index is 0.217. The molecule has 1 heterocycles. The van der Waals surface area contributed by atoms with Crippen molar-refractivity contribution in [2.24, 2.45) is 0 Å². The molecule has 0 amide bonds. The molecule has 4 aromatic rings. The van der Waals surface area contributed by atoms with Crippen molar-refractivity contribution in [3.63, 3.8) is 0 Å². The van der Waals surface area contributed by atoms with Crippen LogP contribution < -0.4 is 9.47 Å². The van der Waals surface area contributed by atoms with Crippen molar-refractivity contribution in [3.05, 3.63) is 90.0 Å². The average molecular weight is 400 g/mol. The molecular weight excluding hydrogens is 384 g/mol. The Bertz CT molecular complexity index is 1300. The molecule has 29 heavy (non-hydrogen) atoms. The van der Waals surface area contributed by atoms with Gasteiger partial charge in [0.05, 0.1) is 28.4 Å². The number of methoxy groups -OCH3 is 1. The Hall–Kier alpha value is -3.44. The summed E-state index contributed by atoms with van der Waals surface area (Å²) in [5.41, 5.74) is 0.718. The van der Waals surface area contributed by atoms with E-state index in [0.717, 1.165) is 10.8 Å². The second-order valence-electron chi connectivity index (χ2n) is 6.62. The van der Waals surface area contributed by atoms with Gasteiger partial charge in [0.15, 0.2) is 5.78 Å². The second kappa shape index (κ2) is 6.87. The lowest BCUT2D eigenvalue weighted by atomic mass is 9.96. The lowest BCUT2D eigenvalue weighted by Crippen LogP contribution is -2.18. The van der Waals surface area contributed by atoms with Crippen LogP contribution in [0, 0.1) is 0 Å². The molecule has 0 aromatic heterocycles. The van der Waals surface area contributed by atoms with Crippen LogP contribution in [0.5, 0.6) is 17.2 Å². The topological polar surface area (TPSA) is 52.6 Å². The van der Waals surface area contributed by atoms with Crippen molar-refractivity contribution in [1.82, 2.24) is 0 Å². The molecule has 1 atom stereocenters. The van der Waals surface area contributed by atoms with E-state index >= 15 is 0 Å². The molecule has 0 fully saturated rings. The Labute approximate surface area is 170 Å². The molecule has 0 radical (unpaired) electrons. The molecule has 0 aliphatic carbocycles. The first kappa shape index (κ1) is 17.6. The number of para-hydroxylation sites is 1. The molecule has 142 valence electrons. The van der Waals surface area contributed by atoms with E-state index in [1.165, 1.54) is 7.11 Å². The first-order chi connectivity index (χ1) is 14.2. The molecule has 5 heteroatoms. The number of rotatable bonds is 3. The van der Waals surface area contributed by atoms with Crippen molar-refractivity contribution < 1.29 is 18.5 Å². The van der Waals surface area contributed by atoms with Gasteiger partial charge in [0.2, 0.25) is 0 Å². The van der Waals surface area contributed by atoms with Crippen LogP contribution in [0.2, 0.25) is 0 Å². The van der Waals surface area contributed by atoms with Gasteiger partial charge in [-0.25, -0.2) is 4.21 Å². The summed E-state index contributed by atoms with van der Waals surface area (Å²) in [5.74, 6) is 1.22. The molecule has 4 nitrogen and oxygen atoms in total. The number of carbonyl (C=O) groups is 1. The van der Waals surface area contributed by atoms with Gasteiger partial charge in [-0.05, 0) is 24.3 Å². The molecule has 0 saturated carbocycles. The summed E-state index contributed by atoms with van der Waals surface area (Å²) < 4.78 is 25.4. The van der Waals surface area contributed by atoms with Crippen LogP contribution >= 0.6 is 0 Å². The summed E-state index contributed by atoms with van der Waals surface area (Å²) in [5, 5.41) is 1.48. The zero-order valence-corrected chi connectivity index (χ0v) is 16.4. The second-order valence-corrected chi connectivity index (χ2v) is 8.01. The number of hydrogen-bond acceptors (Lipinski definition) is 4. The summed E-state index contributed by atoms with van der Waals surface area (Å²) in [6.45, 7) is 0. The molecule has 5 rings (SSSR count). The average Bonchev–Trinajstić information content (AvgIpc) is 2.78. The Morgan fingerprint density at radius 1 is 0.759 bits per heavy atom. The normalized spacial score (nSPS) is 14.9. The number of ketones is 1. The highest BCUT2D eigenvalue weighted by molar-refractivity contribution is 7.85. The maximum Gasteiger partial charge on any atom is 0.199 e. The van der Waals surface area contributed by atoms with Crippen molar-refractivity contribution >= 4 is 27.4 Å². The summed E-state index contributed by atoms with van der Waals surface area (Å²) in [6, 6.07) is 23.8. The number of fused-ring (bicyclic) bond motifs is 3. The number of carbonyl (C=O) groups excluding carboxylic acids is 1. The molecule has 1 aliphatic heterocycles. The number of ether oxygens (including phenoxy) is 2. The SMILES string of the molecule is COc1c2c(c(Oc3ccccc3)c3ccccc13)C(=O)c1ccccc1S2=O. The minimum atomic E-state index is -1.57. The van der Waals surface area contributed by atoms with E-state index in [0.29, 0.717) is 38.2 Å². The van der Waals surface area contributed by atoms with Crippen LogP contribution in [0.4, 0.5) is 0 Å². The smallest absolute Gasteiger partial charge is 0.199 e. The summed E-state index contributed by atoms with van der Waals surface area (Å²) in [7, 11) is -0.0426. The lowest BCUT2D eigenvalue weighted by molar-refractivity contribution is 0.102. The fraction of sp³-hybridized carbons (Fsp3) is 0.0417. The highest BCUT2D eigenvalue weighted by Crippen LogP contribution is 2.48. The van der Waals surface area contributed by atoms with Gasteiger partial charge in [-0.2, -0.15) is 0 Å². The maximum atomic E-state index is 13.5. The van der Waals surface area contributed by atoms with Crippen molar-refractivity contribution in [2.45, 2.75) is 9.79 Å². The zero-order chi connectivity index (χ0) is 20.0. The largest absolute Gasteiger partial charge is 0.495 e. The molecule has 1 unspecified atom stereocenters. The first-order valence-electron chi connectivity index (χ1n) is 9.12. The van der Waals surface area contributed by atoms with Crippen LogP contribution in [-0.4, -0.2) is 17.1 Å². The van der Waals surface area contributed by atoms with E-state index in [4.69, 9.17) is 9.47 Å². The Balaban J connectivity index is 1.89. The standard InChI is InChI=1S/C24H16O4S/c1-27-23-17-12-6-5-11-16(17)22(28-15-9-3-2-4-10-15)20-21(25)18-13-7-8-14-19(18)29(26)24(20)23/h2-14H,1H3. The Morgan fingerprint density at radius 2 is 1.38 bits per heavy atom. The van der Waals surface area contributed by atoms with E-state index < -0.39 is 10.8 Å². The summed E-state index contributed by atoms with van der Waals surface area (Å²) in [4.78, 5) is 14.4. The quantitative estimate of drug-likeness (QED) is 0.410. The monoisotopic (exact) mass is 400 g/mol. The van der Waals surface area contributed by atoms with Crippen LogP contribution in [0.15, 0.2) is 88.7 Å². The zero-order valence-electron chi connectivity index (χ0n) is 15.5. The molecular formula is C24H16O4S. The third kappa shape index (κ3) is 2.66. The van der Waals surface area contributed by atoms with E-state index in [-0.39, 0.29) is 5.78 Å². The predicted octanol–water partition coefficient (Wildman–Crippen LogP) is 5.35. The van der Waals surface area contributed by atoms with Gasteiger partial charge < -0.3 is 9.47 Å². The first-order valence-corrected chi connectivity index (χ1v) is 10.3. The van der Waals surface area contributed by atoms with Gasteiger partial charge in [-0.1, -0.05) is 54.6 Å². The van der Waals surface area contributed by atoms with Crippen molar-refractivity contribution in [1.29, 1.82) is 0 Å². The van der Waals surface area contributed by atoms with E-state index in [1.807, 2.05) is 54.6 Å². The van der Waals surface area contributed by atoms with E-state index in [1.54, 1.807) is 24.3 Å². The van der Waals surface area contributed by atoms with Crippen LogP contribution in [0.25, 0.3) is 10.8 Å². The molecule has 0 bridgehead atoms. The van der Waals surface area contributed by atoms with Crippen LogP contribution in [0.3, 0.4) is 0 Å². The molecule has 1 aliphatic rings. The van der Waals surface area contributed by atoms with Gasteiger partial charge in [-0.3, -0.25) is 4.79 Å². The van der Waals surface area contributed by atoms with Gasteiger partial charge in [0.25, 0.3) is 0 Å². The maximum absolute atomic E-state index is 13.5. The number of hydrogen-bond donors (Lipinski definition) is 0. The molecule has 0 spiro atoms. The van der Waals surface area contributed by atoms with E-state index in [2.05, 4.69) is 0 Å². The summed E-state index contributed by atoms with van der Waals surface area (Å²) in [6.07, 6.45) is 0. The lowest BCUT2D eigenvalue weighted by Gasteiger charge is -2.24. The van der Waals surface area contributed by atoms with E-state index in [9.17, 15) is 9.00 Å². The van der Waals surface area contributed by atoms with Crippen molar-refractivity contribution in [3.8, 4) is 17.2 Å². The molecule has 0 N–H and O–H groups in total. The highest BCUT2D eigenvalue weighted by Gasteiger charge is 2.36. The minimum Gasteiger partial charge on any atom is -0.495 e. The third-order valence-electron chi connectivity index (χ3n) is 4.99. The van der Waals surface area contributed by atoms with Gasteiger partial charge >= 0.3 is 0 Å². The summed E-state index contributed by atoms with van der Waals surface area (Å²) >= 11 is 0. The predicted molar refractivity (Wildman–Crippen MR) is 112 cm³/mol. The van der Waals surface area contributed by atoms with Gasteiger partial charge in [0.1, 0.15) is 22.1 Å². The highest BCUT2D eigenvalue weighted by atomic mass is 32.2. The Kier molecular flexibility index (Phi) is 4.18. The fourth-order valence-electron chi connectivity index (χ4n) is 3.71. The van der Waals surface area contributed by atoms with Crippen LogP contribution in [-0.2, 0) is 10.8 Å². The molecule has 0 saturated heterocycles. The third-order valence-corrected chi connectivity index (χ3v) is 6.50. The molecule has 4 aromatic carbocycles. The van der Waals surface area contributed by atoms with Crippen molar-refractivity contribution in [2.75, 3.05) is 7.11 Å². The fourth-order valence-corrected chi connectivity index (χ4v) is 5.23. The Morgan fingerprint density at radius 3 is 2.10 bits per heavy atom.